The van der Waals surface area contributed by atoms with Crippen molar-refractivity contribution in [1.82, 2.24) is 0 Å². The molecule has 1 aromatic rings. The molecule has 0 bridgehead atoms. The van der Waals surface area contributed by atoms with E-state index in [1.807, 2.05) is 12.1 Å². The van der Waals surface area contributed by atoms with Crippen molar-refractivity contribution in [3.05, 3.63) is 28.2 Å². The molecule has 2 atom stereocenters. The fourth-order valence-electron chi connectivity index (χ4n) is 1.54. The quantitative estimate of drug-likeness (QED) is 0.863. The third-order valence-corrected chi connectivity index (χ3v) is 3.30. The SMILES string of the molecule is COc1cccc(C2CC2N)c1Br. The van der Waals surface area contributed by atoms with Gasteiger partial charge in [0.15, 0.2) is 0 Å². The molecule has 70 valence electrons. The highest BCUT2D eigenvalue weighted by Gasteiger charge is 2.36. The summed E-state index contributed by atoms with van der Waals surface area (Å²) in [5.41, 5.74) is 7.07. The maximum Gasteiger partial charge on any atom is 0.133 e. The number of hydrogen-bond acceptors (Lipinski definition) is 2. The van der Waals surface area contributed by atoms with Crippen LogP contribution in [0, 0.1) is 0 Å². The minimum atomic E-state index is 0.336. The molecule has 1 fully saturated rings. The van der Waals surface area contributed by atoms with E-state index in [-0.39, 0.29) is 0 Å². The second kappa shape index (κ2) is 3.31. The van der Waals surface area contributed by atoms with Crippen LogP contribution < -0.4 is 10.5 Å². The van der Waals surface area contributed by atoms with Gasteiger partial charge in [0.2, 0.25) is 0 Å². The molecular formula is C10H12BrNO. The highest BCUT2D eigenvalue weighted by Crippen LogP contribution is 2.44. The largest absolute Gasteiger partial charge is 0.496 e. The second-order valence-electron chi connectivity index (χ2n) is 3.37. The highest BCUT2D eigenvalue weighted by atomic mass is 79.9. The number of ether oxygens (including phenoxy) is 1. The summed E-state index contributed by atoms with van der Waals surface area (Å²) in [4.78, 5) is 0. The van der Waals surface area contributed by atoms with Crippen molar-refractivity contribution in [1.29, 1.82) is 0 Å². The highest BCUT2D eigenvalue weighted by molar-refractivity contribution is 9.10. The third kappa shape index (κ3) is 1.58. The van der Waals surface area contributed by atoms with Crippen LogP contribution in [-0.2, 0) is 0 Å². The Kier molecular flexibility index (Phi) is 2.30. The van der Waals surface area contributed by atoms with E-state index in [1.165, 1.54) is 5.56 Å². The van der Waals surface area contributed by atoms with E-state index >= 15 is 0 Å². The Morgan fingerprint density at radius 3 is 2.77 bits per heavy atom. The molecule has 0 saturated heterocycles. The summed E-state index contributed by atoms with van der Waals surface area (Å²) in [6.45, 7) is 0. The van der Waals surface area contributed by atoms with Crippen LogP contribution >= 0.6 is 15.9 Å². The molecule has 1 aromatic carbocycles. The summed E-state index contributed by atoms with van der Waals surface area (Å²) < 4.78 is 6.26. The Morgan fingerprint density at radius 2 is 2.23 bits per heavy atom. The minimum Gasteiger partial charge on any atom is -0.496 e. The molecule has 2 rings (SSSR count). The lowest BCUT2D eigenvalue weighted by atomic mass is 10.1. The van der Waals surface area contributed by atoms with Crippen LogP contribution in [0.25, 0.3) is 0 Å². The zero-order chi connectivity index (χ0) is 9.42. The minimum absolute atomic E-state index is 0.336. The molecule has 0 amide bonds. The van der Waals surface area contributed by atoms with Gasteiger partial charge in [0.25, 0.3) is 0 Å². The molecule has 13 heavy (non-hydrogen) atoms. The lowest BCUT2D eigenvalue weighted by molar-refractivity contribution is 0.411. The van der Waals surface area contributed by atoms with E-state index in [0.717, 1.165) is 16.6 Å². The van der Waals surface area contributed by atoms with Crippen LogP contribution in [0.15, 0.2) is 22.7 Å². The van der Waals surface area contributed by atoms with E-state index in [1.54, 1.807) is 7.11 Å². The van der Waals surface area contributed by atoms with E-state index in [2.05, 4.69) is 22.0 Å². The van der Waals surface area contributed by atoms with Crippen molar-refractivity contribution < 1.29 is 4.74 Å². The number of nitrogens with two attached hydrogens (primary N) is 1. The summed E-state index contributed by atoms with van der Waals surface area (Å²) >= 11 is 3.53. The van der Waals surface area contributed by atoms with Crippen molar-refractivity contribution >= 4 is 15.9 Å². The van der Waals surface area contributed by atoms with Gasteiger partial charge in [0, 0.05) is 12.0 Å². The van der Waals surface area contributed by atoms with Gasteiger partial charge in [-0.25, -0.2) is 0 Å². The standard InChI is InChI=1S/C10H12BrNO/c1-13-9-4-2-3-6(10(9)11)7-5-8(7)12/h2-4,7-8H,5,12H2,1H3. The van der Waals surface area contributed by atoms with Gasteiger partial charge in [-0.05, 0) is 34.0 Å². The van der Waals surface area contributed by atoms with Gasteiger partial charge < -0.3 is 10.5 Å². The zero-order valence-electron chi connectivity index (χ0n) is 7.46. The van der Waals surface area contributed by atoms with Gasteiger partial charge in [-0.1, -0.05) is 12.1 Å². The Labute approximate surface area is 86.2 Å². The Bertz CT molecular complexity index is 327. The summed E-state index contributed by atoms with van der Waals surface area (Å²) in [6, 6.07) is 6.39. The molecule has 0 spiro atoms. The molecule has 1 saturated carbocycles. The van der Waals surface area contributed by atoms with E-state index in [4.69, 9.17) is 10.5 Å². The summed E-state index contributed by atoms with van der Waals surface area (Å²) in [5.74, 6) is 1.40. The van der Waals surface area contributed by atoms with E-state index in [0.29, 0.717) is 12.0 Å². The molecule has 0 aliphatic heterocycles. The topological polar surface area (TPSA) is 35.2 Å². The lowest BCUT2D eigenvalue weighted by Crippen LogP contribution is -2.01. The van der Waals surface area contributed by atoms with Crippen molar-refractivity contribution in [3.8, 4) is 5.75 Å². The van der Waals surface area contributed by atoms with Crippen molar-refractivity contribution in [2.75, 3.05) is 7.11 Å². The molecule has 1 aliphatic carbocycles. The normalized spacial score (nSPS) is 25.8. The van der Waals surface area contributed by atoms with Crippen molar-refractivity contribution in [2.24, 2.45) is 5.73 Å². The molecule has 0 radical (unpaired) electrons. The van der Waals surface area contributed by atoms with Gasteiger partial charge in [0.05, 0.1) is 11.6 Å². The van der Waals surface area contributed by atoms with Gasteiger partial charge >= 0.3 is 0 Å². The van der Waals surface area contributed by atoms with Crippen LogP contribution in [-0.4, -0.2) is 13.2 Å². The first-order valence-corrected chi connectivity index (χ1v) is 5.11. The van der Waals surface area contributed by atoms with Crippen LogP contribution in [0.4, 0.5) is 0 Å². The lowest BCUT2D eigenvalue weighted by Gasteiger charge is -2.07. The average molecular weight is 242 g/mol. The third-order valence-electron chi connectivity index (χ3n) is 2.45. The molecule has 3 heteroatoms. The smallest absolute Gasteiger partial charge is 0.133 e. The predicted octanol–water partition coefficient (Wildman–Crippen LogP) is 2.27. The molecule has 0 heterocycles. The Morgan fingerprint density at radius 1 is 1.54 bits per heavy atom. The molecule has 2 N–H and O–H groups in total. The number of rotatable bonds is 2. The van der Waals surface area contributed by atoms with E-state index < -0.39 is 0 Å². The fourth-order valence-corrected chi connectivity index (χ4v) is 2.26. The molecule has 2 nitrogen and oxygen atoms in total. The first-order chi connectivity index (χ1) is 6.24. The van der Waals surface area contributed by atoms with Gasteiger partial charge in [-0.3, -0.25) is 0 Å². The molecule has 1 aliphatic rings. The first kappa shape index (κ1) is 9.03. The van der Waals surface area contributed by atoms with Crippen molar-refractivity contribution in [2.45, 2.75) is 18.4 Å². The number of benzene rings is 1. The molecule has 2 unspecified atom stereocenters. The molecule has 0 aromatic heterocycles. The predicted molar refractivity (Wildman–Crippen MR) is 56.0 cm³/mol. The number of halogens is 1. The van der Waals surface area contributed by atoms with Crippen LogP contribution in [0.5, 0.6) is 5.75 Å². The fraction of sp³-hybridized carbons (Fsp3) is 0.400. The summed E-state index contributed by atoms with van der Waals surface area (Å²) in [7, 11) is 1.68. The van der Waals surface area contributed by atoms with Gasteiger partial charge in [0.1, 0.15) is 5.75 Å². The van der Waals surface area contributed by atoms with Crippen LogP contribution in [0.1, 0.15) is 17.9 Å². The maximum absolute atomic E-state index is 5.80. The second-order valence-corrected chi connectivity index (χ2v) is 4.16. The summed E-state index contributed by atoms with van der Waals surface area (Å²) in [6.07, 6.45) is 1.09. The van der Waals surface area contributed by atoms with Gasteiger partial charge in [-0.2, -0.15) is 0 Å². The molecular weight excluding hydrogens is 230 g/mol. The zero-order valence-corrected chi connectivity index (χ0v) is 9.04. The van der Waals surface area contributed by atoms with Crippen LogP contribution in [0.3, 0.4) is 0 Å². The Hall–Kier alpha value is -0.540. The Balaban J connectivity index is 2.35. The summed E-state index contributed by atoms with van der Waals surface area (Å²) in [5, 5.41) is 0. The average Bonchev–Trinajstić information content (AvgIpc) is 2.83. The monoisotopic (exact) mass is 241 g/mol. The van der Waals surface area contributed by atoms with Gasteiger partial charge in [-0.15, -0.1) is 0 Å². The number of hydrogen-bond donors (Lipinski definition) is 1. The maximum atomic E-state index is 5.80. The number of methoxy groups -OCH3 is 1. The van der Waals surface area contributed by atoms with Crippen molar-refractivity contribution in [3.63, 3.8) is 0 Å². The first-order valence-electron chi connectivity index (χ1n) is 4.32. The van der Waals surface area contributed by atoms with E-state index in [9.17, 15) is 0 Å². The van der Waals surface area contributed by atoms with Crippen LogP contribution in [0.2, 0.25) is 0 Å².